The summed E-state index contributed by atoms with van der Waals surface area (Å²) in [5.41, 5.74) is 6.32. The lowest BCUT2D eigenvalue weighted by Crippen LogP contribution is -2.17. The number of hydrogen-bond donors (Lipinski definition) is 3. The third-order valence-corrected chi connectivity index (χ3v) is 3.98. The van der Waals surface area contributed by atoms with Crippen LogP contribution in [0.5, 0.6) is 17.5 Å². The fraction of sp³-hybridized carbons (Fsp3) is 0.571. The highest BCUT2D eigenvalue weighted by Crippen LogP contribution is 2.23. The molecule has 0 amide bonds. The van der Waals surface area contributed by atoms with Crippen molar-refractivity contribution in [2.75, 3.05) is 64.4 Å². The SMILES string of the molecule is COc1cc(CNc2nc(NCCOCCOCCN)nc(OC(C)C)n2)cc(OC)c1. The van der Waals surface area contributed by atoms with Crippen LogP contribution in [0.2, 0.25) is 0 Å². The first-order valence-electron chi connectivity index (χ1n) is 10.5. The fourth-order valence-electron chi connectivity index (χ4n) is 2.57. The van der Waals surface area contributed by atoms with Gasteiger partial charge in [-0.25, -0.2) is 0 Å². The summed E-state index contributed by atoms with van der Waals surface area (Å²) in [6, 6.07) is 5.88. The molecule has 11 nitrogen and oxygen atoms in total. The van der Waals surface area contributed by atoms with Gasteiger partial charge in [0.2, 0.25) is 11.9 Å². The number of benzene rings is 1. The molecule has 4 N–H and O–H groups in total. The lowest BCUT2D eigenvalue weighted by molar-refractivity contribution is 0.0547. The molecule has 2 rings (SSSR count). The summed E-state index contributed by atoms with van der Waals surface area (Å²) < 4.78 is 27.1. The third-order valence-electron chi connectivity index (χ3n) is 3.98. The van der Waals surface area contributed by atoms with Gasteiger partial charge in [0, 0.05) is 25.7 Å². The summed E-state index contributed by atoms with van der Waals surface area (Å²) >= 11 is 0. The zero-order valence-corrected chi connectivity index (χ0v) is 19.2. The van der Waals surface area contributed by atoms with E-state index in [2.05, 4.69) is 25.6 Å². The van der Waals surface area contributed by atoms with Crippen molar-refractivity contribution < 1.29 is 23.7 Å². The number of nitrogens with one attached hydrogen (secondary N) is 2. The molecule has 0 unspecified atom stereocenters. The average molecular weight is 451 g/mol. The number of anilines is 2. The molecule has 0 bridgehead atoms. The molecule has 0 saturated heterocycles. The highest BCUT2D eigenvalue weighted by atomic mass is 16.5. The van der Waals surface area contributed by atoms with Gasteiger partial charge in [-0.2, -0.15) is 15.0 Å². The second kappa shape index (κ2) is 14.2. The van der Waals surface area contributed by atoms with Crippen molar-refractivity contribution in [3.63, 3.8) is 0 Å². The maximum absolute atomic E-state index is 5.66. The molecule has 0 spiro atoms. The lowest BCUT2D eigenvalue weighted by Gasteiger charge is -2.13. The van der Waals surface area contributed by atoms with Gasteiger partial charge in [0.1, 0.15) is 11.5 Å². The summed E-state index contributed by atoms with van der Waals surface area (Å²) in [6.07, 6.45) is -0.0717. The molecule has 2 aromatic rings. The van der Waals surface area contributed by atoms with E-state index in [1.165, 1.54) is 0 Å². The first-order chi connectivity index (χ1) is 15.5. The highest BCUT2D eigenvalue weighted by molar-refractivity contribution is 5.41. The van der Waals surface area contributed by atoms with E-state index < -0.39 is 0 Å². The van der Waals surface area contributed by atoms with E-state index in [4.69, 9.17) is 29.4 Å². The van der Waals surface area contributed by atoms with Gasteiger partial charge in [0.05, 0.1) is 46.8 Å². The Morgan fingerprint density at radius 1 is 0.844 bits per heavy atom. The minimum Gasteiger partial charge on any atom is -0.497 e. The summed E-state index contributed by atoms with van der Waals surface area (Å²) in [5, 5.41) is 6.32. The maximum Gasteiger partial charge on any atom is 0.323 e. The van der Waals surface area contributed by atoms with Crippen LogP contribution in [-0.2, 0) is 16.0 Å². The van der Waals surface area contributed by atoms with Crippen LogP contribution >= 0.6 is 0 Å². The Bertz CT molecular complexity index is 786. The summed E-state index contributed by atoms with van der Waals surface area (Å²) in [6.45, 7) is 7.33. The van der Waals surface area contributed by atoms with Crippen molar-refractivity contribution in [3.8, 4) is 17.5 Å². The Morgan fingerprint density at radius 3 is 2.06 bits per heavy atom. The second-order valence-electron chi connectivity index (χ2n) is 6.95. The maximum atomic E-state index is 5.66. The van der Waals surface area contributed by atoms with Crippen molar-refractivity contribution in [2.24, 2.45) is 5.73 Å². The molecule has 32 heavy (non-hydrogen) atoms. The molecule has 0 radical (unpaired) electrons. The number of nitrogens with zero attached hydrogens (tertiary/aromatic N) is 3. The molecule has 0 atom stereocenters. The molecule has 1 aromatic carbocycles. The molecule has 0 aliphatic rings. The second-order valence-corrected chi connectivity index (χ2v) is 6.95. The Morgan fingerprint density at radius 2 is 1.47 bits per heavy atom. The van der Waals surface area contributed by atoms with Crippen LogP contribution < -0.4 is 30.6 Å². The van der Waals surface area contributed by atoms with E-state index in [0.717, 1.165) is 5.56 Å². The van der Waals surface area contributed by atoms with Crippen molar-refractivity contribution in [2.45, 2.75) is 26.5 Å². The number of nitrogens with two attached hydrogens (primary N) is 1. The Balaban J connectivity index is 1.96. The molecule has 0 aliphatic heterocycles. The average Bonchev–Trinajstić information content (AvgIpc) is 2.78. The normalized spacial score (nSPS) is 10.8. The first kappa shape index (κ1) is 25.4. The van der Waals surface area contributed by atoms with Crippen LogP contribution in [-0.4, -0.2) is 74.8 Å². The predicted octanol–water partition coefficient (Wildman–Crippen LogP) is 1.69. The van der Waals surface area contributed by atoms with Gasteiger partial charge in [-0.15, -0.1) is 0 Å². The summed E-state index contributed by atoms with van der Waals surface area (Å²) in [7, 11) is 3.23. The van der Waals surface area contributed by atoms with E-state index in [1.807, 2.05) is 32.0 Å². The van der Waals surface area contributed by atoms with E-state index in [9.17, 15) is 0 Å². The van der Waals surface area contributed by atoms with Crippen LogP contribution in [0.4, 0.5) is 11.9 Å². The van der Waals surface area contributed by atoms with Gasteiger partial charge in [-0.05, 0) is 31.5 Å². The summed E-state index contributed by atoms with van der Waals surface area (Å²) in [5.74, 6) is 2.19. The van der Waals surface area contributed by atoms with E-state index >= 15 is 0 Å². The van der Waals surface area contributed by atoms with Gasteiger partial charge in [0.25, 0.3) is 0 Å². The van der Waals surface area contributed by atoms with Crippen LogP contribution in [0.25, 0.3) is 0 Å². The van der Waals surface area contributed by atoms with Crippen molar-refractivity contribution in [1.82, 2.24) is 15.0 Å². The van der Waals surface area contributed by atoms with E-state index in [1.54, 1.807) is 14.2 Å². The van der Waals surface area contributed by atoms with Gasteiger partial charge >= 0.3 is 6.01 Å². The lowest BCUT2D eigenvalue weighted by atomic mass is 10.2. The van der Waals surface area contributed by atoms with Crippen LogP contribution in [0, 0.1) is 0 Å². The summed E-state index contributed by atoms with van der Waals surface area (Å²) in [4.78, 5) is 13.1. The van der Waals surface area contributed by atoms with Gasteiger partial charge in [0.15, 0.2) is 0 Å². The quantitative estimate of drug-likeness (QED) is 0.322. The van der Waals surface area contributed by atoms with Gasteiger partial charge < -0.3 is 40.1 Å². The standard InChI is InChI=1S/C21H34N6O5/c1-15(2)32-21-26-19(23-6-8-31-10-9-30-7-5-22)25-20(27-21)24-14-16-11-17(28-3)13-18(12-16)29-4/h11-13,15H,5-10,14,22H2,1-4H3,(H2,23,24,25,26,27). The highest BCUT2D eigenvalue weighted by Gasteiger charge is 2.10. The van der Waals surface area contributed by atoms with E-state index in [-0.39, 0.29) is 12.1 Å². The van der Waals surface area contributed by atoms with Crippen molar-refractivity contribution in [3.05, 3.63) is 23.8 Å². The monoisotopic (exact) mass is 450 g/mol. The van der Waals surface area contributed by atoms with Gasteiger partial charge in [-0.1, -0.05) is 0 Å². The van der Waals surface area contributed by atoms with E-state index in [0.29, 0.717) is 69.5 Å². The number of rotatable bonds is 16. The molecule has 1 heterocycles. The van der Waals surface area contributed by atoms with Crippen LogP contribution in [0.3, 0.4) is 0 Å². The Labute approximate surface area is 189 Å². The first-order valence-corrected chi connectivity index (χ1v) is 10.5. The minimum absolute atomic E-state index is 0.0717. The largest absolute Gasteiger partial charge is 0.497 e. The Kier molecular flexibility index (Phi) is 11.3. The smallest absolute Gasteiger partial charge is 0.323 e. The van der Waals surface area contributed by atoms with Crippen molar-refractivity contribution >= 4 is 11.9 Å². The van der Waals surface area contributed by atoms with Crippen LogP contribution in [0.15, 0.2) is 18.2 Å². The molecular formula is C21H34N6O5. The molecule has 1 aromatic heterocycles. The molecule has 0 fully saturated rings. The zero-order chi connectivity index (χ0) is 23.2. The molecule has 11 heteroatoms. The molecule has 178 valence electrons. The Hall–Kier alpha value is -2.89. The van der Waals surface area contributed by atoms with Crippen LogP contribution in [0.1, 0.15) is 19.4 Å². The molecule has 0 aliphatic carbocycles. The number of methoxy groups -OCH3 is 2. The predicted molar refractivity (Wildman–Crippen MR) is 122 cm³/mol. The number of aromatic nitrogens is 3. The minimum atomic E-state index is -0.0717. The number of ether oxygens (including phenoxy) is 5. The molecule has 0 saturated carbocycles. The zero-order valence-electron chi connectivity index (χ0n) is 19.2. The number of hydrogen-bond acceptors (Lipinski definition) is 11. The topological polar surface area (TPSA) is 135 Å². The van der Waals surface area contributed by atoms with Gasteiger partial charge in [-0.3, -0.25) is 0 Å². The fourth-order valence-corrected chi connectivity index (χ4v) is 2.57. The third kappa shape index (κ3) is 9.50. The molecular weight excluding hydrogens is 416 g/mol. The van der Waals surface area contributed by atoms with Crippen molar-refractivity contribution in [1.29, 1.82) is 0 Å².